The van der Waals surface area contributed by atoms with Gasteiger partial charge < -0.3 is 0 Å². The summed E-state index contributed by atoms with van der Waals surface area (Å²) in [6.45, 7) is 3.02. The van der Waals surface area contributed by atoms with Crippen molar-refractivity contribution in [1.29, 1.82) is 5.26 Å². The van der Waals surface area contributed by atoms with Crippen molar-refractivity contribution in [3.05, 3.63) is 18.0 Å². The van der Waals surface area contributed by atoms with E-state index in [1.807, 2.05) is 17.9 Å². The fourth-order valence-electron chi connectivity index (χ4n) is 2.01. The van der Waals surface area contributed by atoms with Crippen molar-refractivity contribution >= 4 is 0 Å². The number of aryl methyl sites for hydroxylation is 1. The molecule has 4 heteroatoms. The standard InChI is InChI=1S/C11H16N4/c1-14-11(2-5-13-14)9-15-6-3-10(8-12)4-7-15/h2,5,10H,3-4,6-7,9H2,1H3. The lowest BCUT2D eigenvalue weighted by molar-refractivity contribution is 0.194. The fraction of sp³-hybridized carbons (Fsp3) is 0.636. The highest BCUT2D eigenvalue weighted by Gasteiger charge is 2.19. The average molecular weight is 204 g/mol. The van der Waals surface area contributed by atoms with Gasteiger partial charge in [0.2, 0.25) is 0 Å². The van der Waals surface area contributed by atoms with Crippen LogP contribution in [0.25, 0.3) is 0 Å². The maximum absolute atomic E-state index is 8.80. The molecule has 0 saturated carbocycles. The molecule has 1 aromatic rings. The summed E-state index contributed by atoms with van der Waals surface area (Å²) in [4.78, 5) is 2.39. The van der Waals surface area contributed by atoms with Crippen LogP contribution in [0.4, 0.5) is 0 Å². The van der Waals surface area contributed by atoms with Gasteiger partial charge in [-0.15, -0.1) is 0 Å². The summed E-state index contributed by atoms with van der Waals surface area (Å²) < 4.78 is 1.91. The molecule has 1 fully saturated rings. The predicted octanol–water partition coefficient (Wildman–Crippen LogP) is 1.16. The monoisotopic (exact) mass is 204 g/mol. The van der Waals surface area contributed by atoms with Crippen LogP contribution in [0.5, 0.6) is 0 Å². The van der Waals surface area contributed by atoms with Gasteiger partial charge in [0.25, 0.3) is 0 Å². The Morgan fingerprint density at radius 1 is 1.53 bits per heavy atom. The molecule has 0 aliphatic carbocycles. The molecule has 15 heavy (non-hydrogen) atoms. The molecule has 0 aromatic carbocycles. The van der Waals surface area contributed by atoms with Gasteiger partial charge >= 0.3 is 0 Å². The molecule has 0 N–H and O–H groups in total. The first-order valence-corrected chi connectivity index (χ1v) is 5.38. The van der Waals surface area contributed by atoms with Gasteiger partial charge in [0.1, 0.15) is 0 Å². The summed E-state index contributed by atoms with van der Waals surface area (Å²) in [5.41, 5.74) is 1.24. The first-order chi connectivity index (χ1) is 7.29. The van der Waals surface area contributed by atoms with E-state index in [2.05, 4.69) is 22.1 Å². The lowest BCUT2D eigenvalue weighted by Crippen LogP contribution is -2.33. The first kappa shape index (κ1) is 10.2. The Hall–Kier alpha value is -1.34. The minimum Gasteiger partial charge on any atom is -0.297 e. The number of likely N-dealkylation sites (tertiary alicyclic amines) is 1. The topological polar surface area (TPSA) is 44.9 Å². The molecular formula is C11H16N4. The van der Waals surface area contributed by atoms with Crippen LogP contribution in [0.15, 0.2) is 12.3 Å². The Balaban J connectivity index is 1.88. The zero-order valence-corrected chi connectivity index (χ0v) is 9.06. The molecule has 80 valence electrons. The number of piperidine rings is 1. The SMILES string of the molecule is Cn1nccc1CN1CCC(C#N)CC1. The van der Waals surface area contributed by atoms with E-state index in [9.17, 15) is 0 Å². The summed E-state index contributed by atoms with van der Waals surface area (Å²) >= 11 is 0. The number of hydrogen-bond acceptors (Lipinski definition) is 3. The zero-order chi connectivity index (χ0) is 10.7. The average Bonchev–Trinajstić information content (AvgIpc) is 2.66. The van der Waals surface area contributed by atoms with E-state index < -0.39 is 0 Å². The minimum absolute atomic E-state index is 0.271. The summed E-state index contributed by atoms with van der Waals surface area (Å²) in [7, 11) is 1.97. The van der Waals surface area contributed by atoms with Crippen LogP contribution in [0.1, 0.15) is 18.5 Å². The van der Waals surface area contributed by atoms with Gasteiger partial charge in [-0.1, -0.05) is 0 Å². The molecule has 1 saturated heterocycles. The third kappa shape index (κ3) is 2.37. The van der Waals surface area contributed by atoms with Gasteiger partial charge in [-0.25, -0.2) is 0 Å². The molecule has 4 nitrogen and oxygen atoms in total. The molecular weight excluding hydrogens is 188 g/mol. The Morgan fingerprint density at radius 2 is 2.27 bits per heavy atom. The van der Waals surface area contributed by atoms with Gasteiger partial charge in [-0.2, -0.15) is 10.4 Å². The summed E-state index contributed by atoms with van der Waals surface area (Å²) in [5.74, 6) is 0.271. The molecule has 1 aliphatic rings. The third-order valence-electron chi connectivity index (χ3n) is 3.08. The number of aromatic nitrogens is 2. The number of nitrogens with zero attached hydrogens (tertiary/aromatic N) is 4. The quantitative estimate of drug-likeness (QED) is 0.726. The van der Waals surface area contributed by atoms with Crippen molar-refractivity contribution in [3.63, 3.8) is 0 Å². The van der Waals surface area contributed by atoms with E-state index in [1.165, 1.54) is 5.69 Å². The van der Waals surface area contributed by atoms with E-state index in [4.69, 9.17) is 5.26 Å². The van der Waals surface area contributed by atoms with Gasteiger partial charge in [0, 0.05) is 25.7 Å². The van der Waals surface area contributed by atoms with E-state index in [1.54, 1.807) is 0 Å². The number of hydrogen-bond donors (Lipinski definition) is 0. The second kappa shape index (κ2) is 4.45. The van der Waals surface area contributed by atoms with E-state index in [-0.39, 0.29) is 5.92 Å². The van der Waals surface area contributed by atoms with Gasteiger partial charge in [0.05, 0.1) is 11.8 Å². The smallest absolute Gasteiger partial charge is 0.0656 e. The predicted molar refractivity (Wildman–Crippen MR) is 56.8 cm³/mol. The molecule has 0 radical (unpaired) electrons. The summed E-state index contributed by atoms with van der Waals surface area (Å²) in [6.07, 6.45) is 3.85. The van der Waals surface area contributed by atoms with Crippen molar-refractivity contribution in [1.82, 2.24) is 14.7 Å². The zero-order valence-electron chi connectivity index (χ0n) is 9.06. The van der Waals surface area contributed by atoms with Crippen molar-refractivity contribution in [3.8, 4) is 6.07 Å². The van der Waals surface area contributed by atoms with Crippen molar-refractivity contribution in [2.24, 2.45) is 13.0 Å². The van der Waals surface area contributed by atoms with E-state index in [0.29, 0.717) is 0 Å². The van der Waals surface area contributed by atoms with Crippen LogP contribution in [-0.2, 0) is 13.6 Å². The molecule has 2 heterocycles. The molecule has 0 amide bonds. The molecule has 2 rings (SSSR count). The minimum atomic E-state index is 0.271. The van der Waals surface area contributed by atoms with E-state index >= 15 is 0 Å². The van der Waals surface area contributed by atoms with Crippen LogP contribution in [0, 0.1) is 17.2 Å². The van der Waals surface area contributed by atoms with Gasteiger partial charge in [-0.3, -0.25) is 9.58 Å². The Morgan fingerprint density at radius 3 is 2.80 bits per heavy atom. The summed E-state index contributed by atoms with van der Waals surface area (Å²) in [5, 5.41) is 12.9. The Labute approximate surface area is 90.1 Å². The van der Waals surface area contributed by atoms with Crippen LogP contribution in [-0.4, -0.2) is 27.8 Å². The summed E-state index contributed by atoms with van der Waals surface area (Å²) in [6, 6.07) is 4.40. The lowest BCUT2D eigenvalue weighted by Gasteiger charge is -2.28. The molecule has 0 spiro atoms. The molecule has 0 atom stereocenters. The second-order valence-corrected chi connectivity index (χ2v) is 4.13. The van der Waals surface area contributed by atoms with Crippen LogP contribution in [0.2, 0.25) is 0 Å². The maximum atomic E-state index is 8.80. The Kier molecular flexibility index (Phi) is 3.02. The molecule has 1 aliphatic heterocycles. The van der Waals surface area contributed by atoms with Crippen molar-refractivity contribution in [2.45, 2.75) is 19.4 Å². The van der Waals surface area contributed by atoms with Gasteiger partial charge in [0.15, 0.2) is 0 Å². The van der Waals surface area contributed by atoms with Crippen LogP contribution in [0.3, 0.4) is 0 Å². The van der Waals surface area contributed by atoms with Crippen LogP contribution < -0.4 is 0 Å². The second-order valence-electron chi connectivity index (χ2n) is 4.13. The molecule has 0 unspecified atom stereocenters. The van der Waals surface area contributed by atoms with Crippen molar-refractivity contribution < 1.29 is 0 Å². The number of rotatable bonds is 2. The first-order valence-electron chi connectivity index (χ1n) is 5.38. The normalized spacial score (nSPS) is 18.9. The largest absolute Gasteiger partial charge is 0.297 e. The lowest BCUT2D eigenvalue weighted by atomic mass is 9.98. The Bertz CT molecular complexity index is 355. The van der Waals surface area contributed by atoms with Crippen LogP contribution >= 0.6 is 0 Å². The highest BCUT2D eigenvalue weighted by Crippen LogP contribution is 2.17. The highest BCUT2D eigenvalue weighted by atomic mass is 15.3. The maximum Gasteiger partial charge on any atom is 0.0656 e. The molecule has 0 bridgehead atoms. The van der Waals surface area contributed by atoms with Gasteiger partial charge in [-0.05, 0) is 32.0 Å². The van der Waals surface area contributed by atoms with Crippen molar-refractivity contribution in [2.75, 3.05) is 13.1 Å². The molecule has 1 aromatic heterocycles. The number of nitriles is 1. The third-order valence-corrected chi connectivity index (χ3v) is 3.08. The highest BCUT2D eigenvalue weighted by molar-refractivity contribution is 5.00. The van der Waals surface area contributed by atoms with E-state index in [0.717, 1.165) is 32.5 Å². The fourth-order valence-corrected chi connectivity index (χ4v) is 2.01.